The largest absolute Gasteiger partial charge is 0.324 e. The van der Waals surface area contributed by atoms with Crippen LogP contribution in [0.15, 0.2) is 36.4 Å². The molecule has 4 heterocycles. The maximum atomic E-state index is 14.3. The van der Waals surface area contributed by atoms with Crippen LogP contribution >= 0.6 is 23.2 Å². The highest BCUT2D eigenvalue weighted by Crippen LogP contribution is 2.61. The third kappa shape index (κ3) is 2.24. The van der Waals surface area contributed by atoms with Crippen molar-refractivity contribution in [3.05, 3.63) is 57.8 Å². The number of amides is 3. The van der Waals surface area contributed by atoms with E-state index in [0.717, 1.165) is 11.3 Å². The summed E-state index contributed by atoms with van der Waals surface area (Å²) in [5.41, 5.74) is -0.278. The Morgan fingerprint density at radius 3 is 2.65 bits per heavy atom. The summed E-state index contributed by atoms with van der Waals surface area (Å²) in [6.07, 6.45) is 1.47. The van der Waals surface area contributed by atoms with Gasteiger partial charge in [0, 0.05) is 22.3 Å². The van der Waals surface area contributed by atoms with E-state index in [9.17, 15) is 18.8 Å². The second-order valence-corrected chi connectivity index (χ2v) is 9.27. The zero-order valence-corrected chi connectivity index (χ0v) is 17.6. The number of anilines is 2. The summed E-state index contributed by atoms with van der Waals surface area (Å²) in [7, 11) is 0. The van der Waals surface area contributed by atoms with Crippen LogP contribution in [0.1, 0.15) is 18.4 Å². The number of imide groups is 1. The van der Waals surface area contributed by atoms with Gasteiger partial charge >= 0.3 is 0 Å². The predicted molar refractivity (Wildman–Crippen MR) is 112 cm³/mol. The van der Waals surface area contributed by atoms with Crippen LogP contribution in [0.3, 0.4) is 0 Å². The minimum Gasteiger partial charge on any atom is -0.324 e. The van der Waals surface area contributed by atoms with Crippen LogP contribution in [0.4, 0.5) is 15.8 Å². The molecule has 9 heteroatoms. The Labute approximate surface area is 186 Å². The van der Waals surface area contributed by atoms with Crippen LogP contribution < -0.4 is 10.2 Å². The first-order valence-corrected chi connectivity index (χ1v) is 10.8. The molecule has 3 fully saturated rings. The number of hydrogen-bond donors (Lipinski definition) is 1. The van der Waals surface area contributed by atoms with E-state index >= 15 is 0 Å². The van der Waals surface area contributed by atoms with E-state index in [2.05, 4.69) is 5.32 Å². The zero-order chi connectivity index (χ0) is 21.7. The summed E-state index contributed by atoms with van der Waals surface area (Å²) in [6, 6.07) is 8.36. The van der Waals surface area contributed by atoms with Crippen molar-refractivity contribution < 1.29 is 18.8 Å². The van der Waals surface area contributed by atoms with Crippen molar-refractivity contribution in [3.63, 3.8) is 0 Å². The molecule has 1 spiro atoms. The molecule has 158 valence electrons. The minimum absolute atomic E-state index is 0.175. The van der Waals surface area contributed by atoms with Gasteiger partial charge < -0.3 is 5.32 Å². The Hall–Kier alpha value is -2.48. The van der Waals surface area contributed by atoms with Gasteiger partial charge in [0.2, 0.25) is 17.7 Å². The zero-order valence-electron chi connectivity index (χ0n) is 16.1. The van der Waals surface area contributed by atoms with Crippen LogP contribution in [0.5, 0.6) is 0 Å². The fourth-order valence-electron chi connectivity index (χ4n) is 6.08. The van der Waals surface area contributed by atoms with Gasteiger partial charge in [-0.3, -0.25) is 19.3 Å². The smallest absolute Gasteiger partial charge is 0.250 e. The fraction of sp³-hybridized carbons (Fsp3) is 0.318. The van der Waals surface area contributed by atoms with Crippen LogP contribution in [-0.2, 0) is 19.9 Å². The second kappa shape index (κ2) is 6.28. The van der Waals surface area contributed by atoms with Crippen LogP contribution in [0.25, 0.3) is 0 Å². The van der Waals surface area contributed by atoms with E-state index in [1.165, 1.54) is 30.3 Å². The molecule has 4 aliphatic rings. The highest BCUT2D eigenvalue weighted by atomic mass is 35.5. The lowest BCUT2D eigenvalue weighted by molar-refractivity contribution is -0.135. The Morgan fingerprint density at radius 2 is 1.87 bits per heavy atom. The van der Waals surface area contributed by atoms with E-state index in [0.29, 0.717) is 29.2 Å². The predicted octanol–water partition coefficient (Wildman–Crippen LogP) is 3.56. The molecule has 31 heavy (non-hydrogen) atoms. The van der Waals surface area contributed by atoms with Gasteiger partial charge in [-0.05, 0) is 55.8 Å². The first-order valence-electron chi connectivity index (χ1n) is 10.1. The number of nitrogens with zero attached hydrogens (tertiary/aromatic N) is 2. The number of carbonyl (C=O) groups excluding carboxylic acids is 3. The molecule has 2 aromatic rings. The molecule has 6 nitrogen and oxygen atoms in total. The third-order valence-electron chi connectivity index (χ3n) is 7.11. The number of carbonyl (C=O) groups is 3. The Kier molecular flexibility index (Phi) is 3.89. The molecule has 2 aromatic carbocycles. The van der Waals surface area contributed by atoms with Gasteiger partial charge in [-0.15, -0.1) is 0 Å². The van der Waals surface area contributed by atoms with Gasteiger partial charge in [0.25, 0.3) is 0 Å². The number of fused-ring (bicyclic) bond motifs is 7. The first kappa shape index (κ1) is 19.2. The van der Waals surface area contributed by atoms with Gasteiger partial charge in [0.15, 0.2) is 0 Å². The lowest BCUT2D eigenvalue weighted by atomic mass is 9.75. The number of rotatable bonds is 1. The summed E-state index contributed by atoms with van der Waals surface area (Å²) in [6.45, 7) is 0.559. The van der Waals surface area contributed by atoms with Crippen molar-refractivity contribution in [1.29, 1.82) is 0 Å². The molecule has 1 N–H and O–H groups in total. The van der Waals surface area contributed by atoms with E-state index in [1.807, 2.05) is 4.90 Å². The highest BCUT2D eigenvalue weighted by molar-refractivity contribution is 6.38. The number of hydrogen-bond acceptors (Lipinski definition) is 4. The van der Waals surface area contributed by atoms with E-state index in [-0.39, 0.29) is 22.7 Å². The lowest BCUT2D eigenvalue weighted by Gasteiger charge is -2.36. The number of benzene rings is 2. The molecule has 0 aromatic heterocycles. The van der Waals surface area contributed by atoms with E-state index in [4.69, 9.17) is 23.2 Å². The molecule has 4 aliphatic heterocycles. The first-order chi connectivity index (χ1) is 14.9. The van der Waals surface area contributed by atoms with Crippen molar-refractivity contribution in [3.8, 4) is 0 Å². The van der Waals surface area contributed by atoms with Crippen LogP contribution in [0.2, 0.25) is 10.0 Å². The molecular weight excluding hydrogens is 444 g/mol. The molecule has 0 unspecified atom stereocenters. The minimum atomic E-state index is -1.41. The van der Waals surface area contributed by atoms with Crippen molar-refractivity contribution in [2.24, 2.45) is 11.8 Å². The summed E-state index contributed by atoms with van der Waals surface area (Å²) >= 11 is 12.3. The Bertz CT molecular complexity index is 1200. The highest BCUT2D eigenvalue weighted by Gasteiger charge is 2.74. The average molecular weight is 460 g/mol. The number of halogens is 3. The Morgan fingerprint density at radius 1 is 1.06 bits per heavy atom. The lowest BCUT2D eigenvalue weighted by Crippen LogP contribution is -2.54. The van der Waals surface area contributed by atoms with Crippen LogP contribution in [0, 0.1) is 17.7 Å². The van der Waals surface area contributed by atoms with Crippen LogP contribution in [-0.4, -0.2) is 35.2 Å². The standard InChI is InChI=1S/C22H16Cl2FN3O3/c23-10-3-6-15(13(24)8-10)28-19(29)17-16-2-1-7-27(16)22(18(17)20(28)30)12-9-11(25)4-5-14(12)26-21(22)31/h3-6,8-9,16-18H,1-2,7H2,(H,26,31)/t16-,17+,18+,22+/m0/s1. The quantitative estimate of drug-likeness (QED) is 0.661. The molecule has 0 bridgehead atoms. The average Bonchev–Trinajstić information content (AvgIpc) is 3.42. The maximum absolute atomic E-state index is 14.3. The van der Waals surface area contributed by atoms with Crippen molar-refractivity contribution in [1.82, 2.24) is 4.90 Å². The monoisotopic (exact) mass is 459 g/mol. The number of nitrogens with one attached hydrogen (secondary N) is 1. The SMILES string of the molecule is O=C1[C@@H]2[C@@H]3CCCN3[C@@]3(C(=O)Nc4ccc(F)cc43)[C@H]2C(=O)N1c1ccc(Cl)cc1Cl. The van der Waals surface area contributed by atoms with Gasteiger partial charge in [-0.2, -0.15) is 0 Å². The third-order valence-corrected chi connectivity index (χ3v) is 7.64. The normalized spacial score (nSPS) is 31.4. The summed E-state index contributed by atoms with van der Waals surface area (Å²) in [5, 5.41) is 3.37. The molecule has 0 saturated carbocycles. The summed E-state index contributed by atoms with van der Waals surface area (Å²) in [4.78, 5) is 43.8. The fourth-order valence-corrected chi connectivity index (χ4v) is 6.57. The van der Waals surface area contributed by atoms with Gasteiger partial charge in [-0.25, -0.2) is 9.29 Å². The van der Waals surface area contributed by atoms with E-state index < -0.39 is 35.0 Å². The molecule has 0 aliphatic carbocycles. The molecular formula is C22H16Cl2FN3O3. The molecule has 4 atom stereocenters. The molecule has 0 radical (unpaired) electrons. The Balaban J connectivity index is 1.57. The maximum Gasteiger partial charge on any atom is 0.250 e. The molecule has 3 amide bonds. The summed E-state index contributed by atoms with van der Waals surface area (Å²) in [5.74, 6) is -3.44. The van der Waals surface area contributed by atoms with Gasteiger partial charge in [0.05, 0.1) is 22.5 Å². The van der Waals surface area contributed by atoms with Gasteiger partial charge in [0.1, 0.15) is 11.4 Å². The topological polar surface area (TPSA) is 69.7 Å². The summed E-state index contributed by atoms with van der Waals surface area (Å²) < 4.78 is 14.3. The molecule has 3 saturated heterocycles. The van der Waals surface area contributed by atoms with Crippen molar-refractivity contribution in [2.45, 2.75) is 24.4 Å². The van der Waals surface area contributed by atoms with E-state index in [1.54, 1.807) is 6.07 Å². The molecule has 6 rings (SSSR count). The second-order valence-electron chi connectivity index (χ2n) is 8.42. The van der Waals surface area contributed by atoms with Crippen molar-refractivity contribution >= 4 is 52.3 Å². The van der Waals surface area contributed by atoms with Crippen molar-refractivity contribution in [2.75, 3.05) is 16.8 Å². The van der Waals surface area contributed by atoms with Gasteiger partial charge in [-0.1, -0.05) is 23.2 Å².